The largest absolute Gasteiger partial charge is 0.324 e. The molecule has 9 rings (SSSR count). The van der Waals surface area contributed by atoms with Crippen molar-refractivity contribution in [1.29, 1.82) is 0 Å². The molecule has 44 heavy (non-hydrogen) atoms. The molecule has 0 spiro atoms. The maximum Gasteiger partial charge on any atom is 0.141 e. The fourth-order valence-corrected chi connectivity index (χ4v) is 6.97. The number of hydrogen-bond donors (Lipinski definition) is 0. The number of fused-ring (bicyclic) bond motifs is 8. The fraction of sp³-hybridized carbons (Fsp3) is 0.0500. The zero-order valence-corrected chi connectivity index (χ0v) is 24.3. The smallest absolute Gasteiger partial charge is 0.141 e. The molecule has 0 aliphatic heterocycles. The van der Waals surface area contributed by atoms with Gasteiger partial charge in [-0.2, -0.15) is 0 Å². The standard InChI is InChI=1S/C40H28N4/c1-2-43-35-19-11-9-17-33(35)42-40(43)27-22-20-26(21-23-27)39-31-24-25-36-38(37(31)29-14-6-8-16-32(29)41-39)30-15-7-10-18-34(30)44(36)28-12-4-3-5-13-28/h3-25H,2H2,1H3. The second-order valence-electron chi connectivity index (χ2n) is 11.3. The Kier molecular flexibility index (Phi) is 5.44. The Morgan fingerprint density at radius 2 is 1.14 bits per heavy atom. The molecule has 0 saturated heterocycles. The predicted octanol–water partition coefficient (Wildman–Crippen LogP) is 10.2. The lowest BCUT2D eigenvalue weighted by atomic mass is 9.96. The van der Waals surface area contributed by atoms with E-state index in [2.05, 4.69) is 150 Å². The molecule has 0 atom stereocenters. The Bertz CT molecular complexity index is 2520. The summed E-state index contributed by atoms with van der Waals surface area (Å²) < 4.78 is 4.67. The molecular weight excluding hydrogens is 536 g/mol. The van der Waals surface area contributed by atoms with E-state index in [0.717, 1.165) is 56.8 Å². The van der Waals surface area contributed by atoms with E-state index in [1.54, 1.807) is 0 Å². The first-order valence-corrected chi connectivity index (χ1v) is 15.2. The minimum atomic E-state index is 0.862. The molecule has 208 valence electrons. The normalized spacial score (nSPS) is 11.8. The van der Waals surface area contributed by atoms with Gasteiger partial charge in [0.05, 0.1) is 33.3 Å². The van der Waals surface area contributed by atoms with Crippen LogP contribution in [0.1, 0.15) is 6.92 Å². The number of rotatable bonds is 4. The molecule has 3 heterocycles. The highest BCUT2D eigenvalue weighted by molar-refractivity contribution is 6.29. The van der Waals surface area contributed by atoms with Crippen LogP contribution in [0, 0.1) is 0 Å². The van der Waals surface area contributed by atoms with Crippen LogP contribution in [0.3, 0.4) is 0 Å². The summed E-state index contributed by atoms with van der Waals surface area (Å²) in [6, 6.07) is 49.6. The van der Waals surface area contributed by atoms with Gasteiger partial charge >= 0.3 is 0 Å². The summed E-state index contributed by atoms with van der Waals surface area (Å²) in [5.41, 5.74) is 9.92. The van der Waals surface area contributed by atoms with Crippen LogP contribution in [0.5, 0.6) is 0 Å². The molecule has 0 aliphatic carbocycles. The van der Waals surface area contributed by atoms with Crippen molar-refractivity contribution >= 4 is 54.5 Å². The summed E-state index contributed by atoms with van der Waals surface area (Å²) in [5.74, 6) is 0.993. The monoisotopic (exact) mass is 564 g/mol. The number of imidazole rings is 1. The van der Waals surface area contributed by atoms with Crippen molar-refractivity contribution in [2.45, 2.75) is 13.5 Å². The molecule has 0 N–H and O–H groups in total. The third-order valence-electron chi connectivity index (χ3n) is 8.90. The van der Waals surface area contributed by atoms with Gasteiger partial charge in [-0.1, -0.05) is 97.1 Å². The second kappa shape index (κ2) is 9.65. The van der Waals surface area contributed by atoms with Crippen LogP contribution in [0.4, 0.5) is 0 Å². The van der Waals surface area contributed by atoms with Gasteiger partial charge < -0.3 is 9.13 Å². The molecule has 4 nitrogen and oxygen atoms in total. The Labute approximate surface area is 254 Å². The van der Waals surface area contributed by atoms with E-state index in [4.69, 9.17) is 9.97 Å². The highest BCUT2D eigenvalue weighted by Crippen LogP contribution is 2.42. The molecule has 0 radical (unpaired) electrons. The van der Waals surface area contributed by atoms with Crippen LogP contribution < -0.4 is 0 Å². The van der Waals surface area contributed by atoms with Crippen LogP contribution in [0.15, 0.2) is 140 Å². The predicted molar refractivity (Wildman–Crippen MR) is 183 cm³/mol. The molecule has 0 unspecified atom stereocenters. The quantitative estimate of drug-likeness (QED) is 0.199. The van der Waals surface area contributed by atoms with Crippen molar-refractivity contribution in [3.63, 3.8) is 0 Å². The molecule has 4 heteroatoms. The summed E-state index contributed by atoms with van der Waals surface area (Å²) in [5, 5.41) is 6.07. The molecular formula is C40H28N4. The number of aromatic nitrogens is 4. The summed E-state index contributed by atoms with van der Waals surface area (Å²) in [6.45, 7) is 3.04. The van der Waals surface area contributed by atoms with Crippen molar-refractivity contribution in [2.75, 3.05) is 0 Å². The second-order valence-corrected chi connectivity index (χ2v) is 11.3. The van der Waals surface area contributed by atoms with Gasteiger partial charge in [-0.25, -0.2) is 9.97 Å². The third kappa shape index (κ3) is 3.58. The molecule has 0 bridgehead atoms. The summed E-state index contributed by atoms with van der Waals surface area (Å²) in [6.07, 6.45) is 0. The highest BCUT2D eigenvalue weighted by Gasteiger charge is 2.19. The van der Waals surface area contributed by atoms with Crippen LogP contribution in [0.25, 0.3) is 82.8 Å². The van der Waals surface area contributed by atoms with E-state index in [0.29, 0.717) is 0 Å². The minimum Gasteiger partial charge on any atom is -0.324 e. The number of benzene rings is 6. The third-order valence-corrected chi connectivity index (χ3v) is 8.90. The summed E-state index contributed by atoms with van der Waals surface area (Å²) >= 11 is 0. The van der Waals surface area contributed by atoms with Crippen molar-refractivity contribution < 1.29 is 0 Å². The first kappa shape index (κ1) is 24.8. The number of hydrogen-bond acceptors (Lipinski definition) is 2. The lowest BCUT2D eigenvalue weighted by molar-refractivity contribution is 0.796. The Hall–Kier alpha value is -5.74. The lowest BCUT2D eigenvalue weighted by Crippen LogP contribution is -1.97. The summed E-state index contributed by atoms with van der Waals surface area (Å²) in [4.78, 5) is 10.3. The SMILES string of the molecule is CCn1c(-c2ccc(-c3nc4ccccc4c4c3ccc3c4c4ccccc4n3-c3ccccc3)cc2)nc2ccccc21. The van der Waals surface area contributed by atoms with Gasteiger partial charge in [0.2, 0.25) is 0 Å². The molecule has 3 aromatic heterocycles. The van der Waals surface area contributed by atoms with Crippen LogP contribution in [-0.2, 0) is 6.54 Å². The Morgan fingerprint density at radius 1 is 0.477 bits per heavy atom. The average Bonchev–Trinajstić information content (AvgIpc) is 3.64. The number of nitrogens with zero attached hydrogens (tertiary/aromatic N) is 4. The van der Waals surface area contributed by atoms with Gasteiger partial charge in [0.25, 0.3) is 0 Å². The van der Waals surface area contributed by atoms with Crippen molar-refractivity contribution in [3.8, 4) is 28.3 Å². The van der Waals surface area contributed by atoms with Crippen molar-refractivity contribution in [1.82, 2.24) is 19.1 Å². The van der Waals surface area contributed by atoms with Gasteiger partial charge in [0.15, 0.2) is 0 Å². The maximum absolute atomic E-state index is 5.27. The van der Waals surface area contributed by atoms with E-state index in [1.165, 1.54) is 32.6 Å². The van der Waals surface area contributed by atoms with Gasteiger partial charge in [0.1, 0.15) is 5.82 Å². The highest BCUT2D eigenvalue weighted by atomic mass is 15.1. The Morgan fingerprint density at radius 3 is 1.93 bits per heavy atom. The number of pyridine rings is 1. The maximum atomic E-state index is 5.27. The Balaban J connectivity index is 1.31. The number of aryl methyl sites for hydroxylation is 1. The van der Waals surface area contributed by atoms with E-state index in [9.17, 15) is 0 Å². The first-order valence-electron chi connectivity index (χ1n) is 15.2. The fourth-order valence-electron chi connectivity index (χ4n) is 6.97. The van der Waals surface area contributed by atoms with Crippen LogP contribution in [0.2, 0.25) is 0 Å². The van der Waals surface area contributed by atoms with E-state index < -0.39 is 0 Å². The molecule has 0 amide bonds. The van der Waals surface area contributed by atoms with Gasteiger partial charge in [-0.15, -0.1) is 0 Å². The van der Waals surface area contributed by atoms with E-state index in [1.807, 2.05) is 6.07 Å². The molecule has 0 fully saturated rings. The molecule has 0 saturated carbocycles. The molecule has 0 aliphatic rings. The molecule has 9 aromatic rings. The van der Waals surface area contributed by atoms with E-state index in [-0.39, 0.29) is 0 Å². The van der Waals surface area contributed by atoms with Crippen molar-refractivity contribution in [2.24, 2.45) is 0 Å². The first-order chi connectivity index (χ1) is 21.8. The van der Waals surface area contributed by atoms with Gasteiger partial charge in [0, 0.05) is 50.3 Å². The van der Waals surface area contributed by atoms with Crippen LogP contribution in [-0.4, -0.2) is 19.1 Å². The van der Waals surface area contributed by atoms with Gasteiger partial charge in [-0.05, 0) is 49.4 Å². The minimum absolute atomic E-state index is 0.862. The van der Waals surface area contributed by atoms with Crippen LogP contribution >= 0.6 is 0 Å². The zero-order chi connectivity index (χ0) is 29.2. The van der Waals surface area contributed by atoms with Gasteiger partial charge in [-0.3, -0.25) is 0 Å². The topological polar surface area (TPSA) is 35.6 Å². The lowest BCUT2D eigenvalue weighted by Gasteiger charge is -2.13. The average molecular weight is 565 g/mol. The molecule has 6 aromatic carbocycles. The summed E-state index contributed by atoms with van der Waals surface area (Å²) in [7, 11) is 0. The zero-order valence-electron chi connectivity index (χ0n) is 24.3. The number of para-hydroxylation sites is 5. The van der Waals surface area contributed by atoms with E-state index >= 15 is 0 Å². The van der Waals surface area contributed by atoms with Crippen molar-refractivity contribution in [3.05, 3.63) is 140 Å².